The highest BCUT2D eigenvalue weighted by atomic mass is 35.5. The predicted molar refractivity (Wildman–Crippen MR) is 123 cm³/mol. The van der Waals surface area contributed by atoms with E-state index in [1.807, 2.05) is 0 Å². The first-order valence-corrected chi connectivity index (χ1v) is 12.0. The summed E-state index contributed by atoms with van der Waals surface area (Å²) in [5.41, 5.74) is 0.741. The molecule has 0 aromatic heterocycles. The average Bonchev–Trinajstić information content (AvgIpc) is 2.79. The van der Waals surface area contributed by atoms with Gasteiger partial charge in [0.25, 0.3) is 5.91 Å². The van der Waals surface area contributed by atoms with Gasteiger partial charge in [-0.1, -0.05) is 11.6 Å². The summed E-state index contributed by atoms with van der Waals surface area (Å²) in [6, 6.07) is 8.86. The lowest BCUT2D eigenvalue weighted by atomic mass is 10.2. The van der Waals surface area contributed by atoms with Crippen LogP contribution < -0.4 is 20.1 Å². The number of halogens is 1. The standard InChI is InChI=1S/C21H23ClN4O6S/c1-13-20(27)23-17-12-15(4-6-19(17)32-13)33(29,30)26-9-7-25(8-10-26)21(28)24-16-11-14(22)3-5-18(16)31-2/h3-6,11-13H,7-10H2,1-2H3,(H,23,27)(H,24,28)/t13-/m1/s1. The molecule has 2 aromatic carbocycles. The number of sulfonamides is 1. The molecule has 3 amide bonds. The van der Waals surface area contributed by atoms with Crippen LogP contribution in [0.15, 0.2) is 41.3 Å². The second kappa shape index (κ2) is 9.08. The molecule has 2 N–H and O–H groups in total. The molecular weight excluding hydrogens is 472 g/mol. The Hall–Kier alpha value is -3.02. The van der Waals surface area contributed by atoms with E-state index in [-0.39, 0.29) is 43.0 Å². The van der Waals surface area contributed by atoms with Crippen LogP contribution in [-0.2, 0) is 14.8 Å². The summed E-state index contributed by atoms with van der Waals surface area (Å²) in [4.78, 5) is 26.1. The quantitative estimate of drug-likeness (QED) is 0.674. The van der Waals surface area contributed by atoms with E-state index < -0.39 is 16.1 Å². The van der Waals surface area contributed by atoms with Crippen molar-refractivity contribution in [2.75, 3.05) is 43.9 Å². The number of nitrogens with one attached hydrogen (secondary N) is 2. The van der Waals surface area contributed by atoms with Crippen molar-refractivity contribution in [3.05, 3.63) is 41.4 Å². The minimum Gasteiger partial charge on any atom is -0.495 e. The maximum atomic E-state index is 13.1. The van der Waals surface area contributed by atoms with Gasteiger partial charge in [-0.2, -0.15) is 4.31 Å². The van der Waals surface area contributed by atoms with Crippen molar-refractivity contribution in [1.82, 2.24) is 9.21 Å². The number of hydrogen-bond acceptors (Lipinski definition) is 6. The fourth-order valence-electron chi connectivity index (χ4n) is 3.60. The van der Waals surface area contributed by atoms with E-state index in [4.69, 9.17) is 21.1 Å². The fourth-order valence-corrected chi connectivity index (χ4v) is 5.22. The van der Waals surface area contributed by atoms with Crippen LogP contribution in [0.5, 0.6) is 11.5 Å². The van der Waals surface area contributed by atoms with Crippen molar-refractivity contribution in [3.63, 3.8) is 0 Å². The Morgan fingerprint density at radius 1 is 1.18 bits per heavy atom. The Morgan fingerprint density at radius 2 is 1.91 bits per heavy atom. The first-order chi connectivity index (χ1) is 15.7. The summed E-state index contributed by atoms with van der Waals surface area (Å²) in [7, 11) is -2.33. The molecule has 4 rings (SSSR count). The third-order valence-corrected chi connectivity index (χ3v) is 7.58. The van der Waals surface area contributed by atoms with Gasteiger partial charge in [0.15, 0.2) is 6.10 Å². The van der Waals surface area contributed by atoms with Crippen LogP contribution in [0.3, 0.4) is 0 Å². The van der Waals surface area contributed by atoms with Crippen molar-refractivity contribution >= 4 is 44.9 Å². The molecule has 1 atom stereocenters. The van der Waals surface area contributed by atoms with E-state index in [0.717, 1.165) is 0 Å². The molecule has 2 aliphatic heterocycles. The lowest BCUT2D eigenvalue weighted by Crippen LogP contribution is -2.51. The highest BCUT2D eigenvalue weighted by Crippen LogP contribution is 2.33. The van der Waals surface area contributed by atoms with Gasteiger partial charge >= 0.3 is 6.03 Å². The Balaban J connectivity index is 1.42. The smallest absolute Gasteiger partial charge is 0.322 e. The maximum absolute atomic E-state index is 13.1. The summed E-state index contributed by atoms with van der Waals surface area (Å²) < 4.78 is 38.3. The van der Waals surface area contributed by atoms with Crippen molar-refractivity contribution in [3.8, 4) is 11.5 Å². The van der Waals surface area contributed by atoms with E-state index >= 15 is 0 Å². The average molecular weight is 495 g/mol. The summed E-state index contributed by atoms with van der Waals surface area (Å²) in [6.07, 6.45) is -0.647. The van der Waals surface area contributed by atoms with Gasteiger partial charge in [-0.05, 0) is 43.3 Å². The number of ether oxygens (including phenoxy) is 2. The number of carbonyl (C=O) groups excluding carboxylic acids is 2. The van der Waals surface area contributed by atoms with Crippen LogP contribution in [0.2, 0.25) is 5.02 Å². The summed E-state index contributed by atoms with van der Waals surface area (Å²) >= 11 is 6.01. The Bertz CT molecular complexity index is 1200. The van der Waals surface area contributed by atoms with Gasteiger partial charge < -0.3 is 25.0 Å². The monoisotopic (exact) mass is 494 g/mol. The van der Waals surface area contributed by atoms with Gasteiger partial charge in [0.05, 0.1) is 23.4 Å². The molecule has 1 saturated heterocycles. The van der Waals surface area contributed by atoms with Gasteiger partial charge in [-0.3, -0.25) is 4.79 Å². The number of rotatable bonds is 4. The largest absolute Gasteiger partial charge is 0.495 e. The number of urea groups is 1. The molecule has 0 radical (unpaired) electrons. The van der Waals surface area contributed by atoms with Crippen molar-refractivity contribution in [1.29, 1.82) is 0 Å². The van der Waals surface area contributed by atoms with Crippen LogP contribution in [0.25, 0.3) is 0 Å². The van der Waals surface area contributed by atoms with E-state index in [1.165, 1.54) is 34.5 Å². The predicted octanol–water partition coefficient (Wildman–Crippen LogP) is 2.61. The second-order valence-electron chi connectivity index (χ2n) is 7.57. The highest BCUT2D eigenvalue weighted by Gasteiger charge is 2.32. The lowest BCUT2D eigenvalue weighted by molar-refractivity contribution is -0.122. The minimum absolute atomic E-state index is 0.0428. The van der Waals surface area contributed by atoms with Crippen LogP contribution >= 0.6 is 11.6 Å². The number of carbonyl (C=O) groups is 2. The number of piperazine rings is 1. The summed E-state index contributed by atoms with van der Waals surface area (Å²) in [5, 5.41) is 5.86. The topological polar surface area (TPSA) is 117 Å². The van der Waals surface area contributed by atoms with Crippen LogP contribution in [-0.4, -0.2) is 69.0 Å². The summed E-state index contributed by atoms with van der Waals surface area (Å²) in [5.74, 6) is 0.541. The zero-order chi connectivity index (χ0) is 23.8. The number of anilines is 2. The maximum Gasteiger partial charge on any atom is 0.322 e. The molecule has 0 unspecified atom stereocenters. The molecule has 2 aliphatic rings. The molecule has 0 saturated carbocycles. The van der Waals surface area contributed by atoms with Crippen molar-refractivity contribution in [2.45, 2.75) is 17.9 Å². The molecule has 10 nitrogen and oxygen atoms in total. The van der Waals surface area contributed by atoms with Gasteiger partial charge in [0.2, 0.25) is 10.0 Å². The molecule has 0 aliphatic carbocycles. The third kappa shape index (κ3) is 4.70. The number of benzene rings is 2. The van der Waals surface area contributed by atoms with Gasteiger partial charge in [-0.15, -0.1) is 0 Å². The molecule has 12 heteroatoms. The molecule has 33 heavy (non-hydrogen) atoms. The Kier molecular flexibility index (Phi) is 6.37. The van der Waals surface area contributed by atoms with Crippen LogP contribution in [0.4, 0.5) is 16.2 Å². The molecule has 0 bridgehead atoms. The second-order valence-corrected chi connectivity index (χ2v) is 9.95. The van der Waals surface area contributed by atoms with Gasteiger partial charge in [0, 0.05) is 31.2 Å². The molecular formula is C21H23ClN4O6S. The SMILES string of the molecule is COc1ccc(Cl)cc1NC(=O)N1CCN(S(=O)(=O)c2ccc3c(c2)NC(=O)[C@@H](C)O3)CC1. The minimum atomic E-state index is -3.82. The molecule has 176 valence electrons. The summed E-state index contributed by atoms with van der Waals surface area (Å²) in [6.45, 7) is 2.27. The lowest BCUT2D eigenvalue weighted by Gasteiger charge is -2.34. The molecule has 0 spiro atoms. The van der Waals surface area contributed by atoms with E-state index in [2.05, 4.69) is 10.6 Å². The Morgan fingerprint density at radius 3 is 2.61 bits per heavy atom. The number of fused-ring (bicyclic) bond motifs is 1. The normalized spacial score (nSPS) is 18.7. The third-order valence-electron chi connectivity index (χ3n) is 5.45. The Labute approximate surface area is 196 Å². The van der Waals surface area contributed by atoms with Gasteiger partial charge in [0.1, 0.15) is 11.5 Å². The number of amides is 3. The van der Waals surface area contributed by atoms with Crippen LogP contribution in [0, 0.1) is 0 Å². The van der Waals surface area contributed by atoms with Gasteiger partial charge in [-0.25, -0.2) is 13.2 Å². The first-order valence-electron chi connectivity index (χ1n) is 10.2. The number of nitrogens with zero attached hydrogens (tertiary/aromatic N) is 2. The molecule has 2 heterocycles. The van der Waals surface area contributed by atoms with E-state index in [9.17, 15) is 18.0 Å². The number of methoxy groups -OCH3 is 1. The highest BCUT2D eigenvalue weighted by molar-refractivity contribution is 7.89. The molecule has 1 fully saturated rings. The fraction of sp³-hybridized carbons (Fsp3) is 0.333. The van der Waals surface area contributed by atoms with E-state index in [1.54, 1.807) is 25.1 Å². The van der Waals surface area contributed by atoms with Crippen molar-refractivity contribution < 1.29 is 27.5 Å². The van der Waals surface area contributed by atoms with Crippen molar-refractivity contribution in [2.24, 2.45) is 0 Å². The number of hydrogen-bond donors (Lipinski definition) is 2. The van der Waals surface area contributed by atoms with Crippen LogP contribution in [0.1, 0.15) is 6.92 Å². The molecule has 2 aromatic rings. The first kappa shape index (κ1) is 23.1. The van der Waals surface area contributed by atoms with E-state index in [0.29, 0.717) is 27.9 Å². The zero-order valence-electron chi connectivity index (χ0n) is 18.0. The zero-order valence-corrected chi connectivity index (χ0v) is 19.6.